The van der Waals surface area contributed by atoms with Gasteiger partial charge in [-0.25, -0.2) is 13.5 Å². The predicted octanol–water partition coefficient (Wildman–Crippen LogP) is 5.43. The third-order valence-electron chi connectivity index (χ3n) is 6.33. The van der Waals surface area contributed by atoms with Gasteiger partial charge in [0.05, 0.1) is 59.4 Å². The number of carbonyl (C=O) groups excluding carboxylic acids is 3. The predicted molar refractivity (Wildman–Crippen MR) is 137 cm³/mol. The van der Waals surface area contributed by atoms with E-state index in [0.717, 1.165) is 31.2 Å². The second kappa shape index (κ2) is 11.5. The third kappa shape index (κ3) is 5.64. The average Bonchev–Trinajstić information content (AvgIpc) is 3.46. The summed E-state index contributed by atoms with van der Waals surface area (Å²) in [5, 5.41) is 9.26. The van der Waals surface area contributed by atoms with Crippen molar-refractivity contribution in [3.63, 3.8) is 0 Å². The van der Waals surface area contributed by atoms with Gasteiger partial charge in [0.25, 0.3) is 5.91 Å². The van der Waals surface area contributed by atoms with E-state index in [-0.39, 0.29) is 24.8 Å². The van der Waals surface area contributed by atoms with E-state index in [0.29, 0.717) is 22.7 Å². The van der Waals surface area contributed by atoms with Crippen molar-refractivity contribution < 1.29 is 33.3 Å². The maximum atomic E-state index is 13.5. The first-order valence-electron chi connectivity index (χ1n) is 11.9. The van der Waals surface area contributed by atoms with E-state index >= 15 is 0 Å². The normalized spacial score (nSPS) is 16.7. The van der Waals surface area contributed by atoms with Gasteiger partial charge in [0, 0.05) is 6.07 Å². The molecule has 11 heteroatoms. The number of nitriles is 1. The van der Waals surface area contributed by atoms with Gasteiger partial charge in [0.15, 0.2) is 6.10 Å². The summed E-state index contributed by atoms with van der Waals surface area (Å²) in [6.45, 7) is 1.69. The standard InChI is InChI=1S/C26H26BrN3O7/c1-3-35-25(32)29-15-23(36-21-11-8-16(14-28)12-20(21)29)24(31)30(27)18-9-10-19(17-6-4-5-7-17)22(13-18)37-26(33)34-2/h8-13,17,23H,3-7,15H2,1-2H3. The number of halogens is 1. The van der Waals surface area contributed by atoms with Crippen molar-refractivity contribution in [2.45, 2.75) is 44.6 Å². The molecular formula is C26H26BrN3O7. The van der Waals surface area contributed by atoms with Gasteiger partial charge >= 0.3 is 12.2 Å². The Bertz CT molecular complexity index is 1240. The topological polar surface area (TPSA) is 118 Å². The van der Waals surface area contributed by atoms with E-state index in [1.807, 2.05) is 12.1 Å². The first-order valence-corrected chi connectivity index (χ1v) is 12.6. The summed E-state index contributed by atoms with van der Waals surface area (Å²) >= 11 is 3.32. The Balaban J connectivity index is 1.61. The van der Waals surface area contributed by atoms with Crippen LogP contribution < -0.4 is 18.3 Å². The first-order chi connectivity index (χ1) is 17.9. The van der Waals surface area contributed by atoms with Crippen molar-refractivity contribution in [1.82, 2.24) is 0 Å². The summed E-state index contributed by atoms with van der Waals surface area (Å²) in [7, 11) is 1.23. The Morgan fingerprint density at radius 2 is 1.95 bits per heavy atom. The Morgan fingerprint density at radius 1 is 1.19 bits per heavy atom. The molecule has 1 fully saturated rings. The molecule has 1 aliphatic heterocycles. The molecule has 1 unspecified atom stereocenters. The molecule has 194 valence electrons. The van der Waals surface area contributed by atoms with Crippen molar-refractivity contribution in [3.8, 4) is 17.6 Å². The van der Waals surface area contributed by atoms with Crippen molar-refractivity contribution >= 4 is 45.7 Å². The van der Waals surface area contributed by atoms with E-state index in [2.05, 4.69) is 20.9 Å². The SMILES string of the molecule is CCOC(=O)N1CC(C(=O)N(Br)c2ccc(C3CCCC3)c(OC(=O)OC)c2)Oc2ccc(C#N)cc21. The van der Waals surface area contributed by atoms with Crippen LogP contribution in [0.2, 0.25) is 0 Å². The second-order valence-corrected chi connectivity index (χ2v) is 9.30. The second-order valence-electron chi connectivity index (χ2n) is 8.59. The van der Waals surface area contributed by atoms with Crippen LogP contribution in [0.1, 0.15) is 49.7 Å². The highest BCUT2D eigenvalue weighted by Gasteiger charge is 2.37. The number of benzene rings is 2. The van der Waals surface area contributed by atoms with Crippen LogP contribution in [0.15, 0.2) is 36.4 Å². The van der Waals surface area contributed by atoms with Crippen LogP contribution in [0, 0.1) is 11.3 Å². The monoisotopic (exact) mass is 571 g/mol. The molecule has 0 aromatic heterocycles. The number of methoxy groups -OCH3 is 1. The third-order valence-corrected chi connectivity index (χ3v) is 7.09. The van der Waals surface area contributed by atoms with Gasteiger partial charge in [-0.2, -0.15) is 5.26 Å². The van der Waals surface area contributed by atoms with Crippen molar-refractivity contribution in [2.24, 2.45) is 0 Å². The highest BCUT2D eigenvalue weighted by Crippen LogP contribution is 2.41. The van der Waals surface area contributed by atoms with Gasteiger partial charge in [-0.05, 0) is 55.5 Å². The van der Waals surface area contributed by atoms with Crippen molar-refractivity contribution in [3.05, 3.63) is 47.5 Å². The number of rotatable bonds is 5. The molecule has 0 bridgehead atoms. The summed E-state index contributed by atoms with van der Waals surface area (Å²) in [6, 6.07) is 11.8. The molecule has 2 aliphatic rings. The fourth-order valence-corrected chi connectivity index (χ4v) is 5.00. The van der Waals surface area contributed by atoms with Gasteiger partial charge in [0.1, 0.15) is 11.5 Å². The molecule has 0 radical (unpaired) electrons. The van der Waals surface area contributed by atoms with Crippen LogP contribution in [-0.2, 0) is 14.3 Å². The number of ether oxygens (including phenoxy) is 4. The molecule has 2 aromatic carbocycles. The fraction of sp³-hybridized carbons (Fsp3) is 0.385. The number of nitrogens with zero attached hydrogens (tertiary/aromatic N) is 3. The lowest BCUT2D eigenvalue weighted by molar-refractivity contribution is -0.123. The van der Waals surface area contributed by atoms with Gasteiger partial charge in [0.2, 0.25) is 0 Å². The molecule has 2 aromatic rings. The van der Waals surface area contributed by atoms with Crippen molar-refractivity contribution in [2.75, 3.05) is 29.1 Å². The molecule has 37 heavy (non-hydrogen) atoms. The summed E-state index contributed by atoms with van der Waals surface area (Å²) in [4.78, 5) is 39.3. The van der Waals surface area contributed by atoms with Crippen LogP contribution in [0.25, 0.3) is 0 Å². The first kappa shape index (κ1) is 26.3. The Kier molecular flexibility index (Phi) is 8.18. The Labute approximate surface area is 223 Å². The van der Waals surface area contributed by atoms with Crippen LogP contribution in [0.3, 0.4) is 0 Å². The smallest absolute Gasteiger partial charge is 0.476 e. The summed E-state index contributed by atoms with van der Waals surface area (Å²) in [5.41, 5.74) is 1.97. The lowest BCUT2D eigenvalue weighted by Crippen LogP contribution is -2.50. The van der Waals surface area contributed by atoms with Crippen molar-refractivity contribution in [1.29, 1.82) is 5.26 Å². The van der Waals surface area contributed by atoms with Gasteiger partial charge in [-0.15, -0.1) is 0 Å². The van der Waals surface area contributed by atoms with E-state index < -0.39 is 24.3 Å². The van der Waals surface area contributed by atoms with Crippen LogP contribution in [0.5, 0.6) is 11.5 Å². The van der Waals surface area contributed by atoms with E-state index in [1.165, 1.54) is 28.1 Å². The van der Waals surface area contributed by atoms with E-state index in [4.69, 9.17) is 14.2 Å². The molecule has 2 amide bonds. The minimum Gasteiger partial charge on any atom is -0.476 e. The number of hydrogen-bond donors (Lipinski definition) is 0. The number of hydrogen-bond acceptors (Lipinski definition) is 8. The maximum absolute atomic E-state index is 13.5. The Hall–Kier alpha value is -3.78. The molecule has 1 saturated carbocycles. The fourth-order valence-electron chi connectivity index (χ4n) is 4.55. The minimum atomic E-state index is -1.08. The van der Waals surface area contributed by atoms with Crippen LogP contribution in [-0.4, -0.2) is 44.5 Å². The molecule has 0 saturated heterocycles. The van der Waals surface area contributed by atoms with Crippen LogP contribution >= 0.6 is 16.1 Å². The average molecular weight is 572 g/mol. The highest BCUT2D eigenvalue weighted by molar-refractivity contribution is 9.10. The number of amides is 2. The lowest BCUT2D eigenvalue weighted by Gasteiger charge is -2.34. The molecule has 0 N–H and O–H groups in total. The molecular weight excluding hydrogens is 546 g/mol. The molecule has 1 heterocycles. The summed E-state index contributed by atoms with van der Waals surface area (Å²) in [6.07, 6.45) is 1.58. The number of fused-ring (bicyclic) bond motifs is 1. The zero-order chi connectivity index (χ0) is 26.5. The van der Waals surface area contributed by atoms with Crippen LogP contribution in [0.4, 0.5) is 21.0 Å². The molecule has 1 aliphatic carbocycles. The summed E-state index contributed by atoms with van der Waals surface area (Å²) < 4.78 is 22.4. The zero-order valence-corrected chi connectivity index (χ0v) is 22.0. The quantitative estimate of drug-likeness (QED) is 0.265. The van der Waals surface area contributed by atoms with Gasteiger partial charge in [-0.1, -0.05) is 18.9 Å². The molecule has 0 spiro atoms. The number of carbonyl (C=O) groups is 3. The van der Waals surface area contributed by atoms with E-state index in [1.54, 1.807) is 25.1 Å². The van der Waals surface area contributed by atoms with Gasteiger partial charge in [-0.3, -0.25) is 9.69 Å². The highest BCUT2D eigenvalue weighted by atomic mass is 79.9. The zero-order valence-electron chi connectivity index (χ0n) is 20.4. The summed E-state index contributed by atoms with van der Waals surface area (Å²) in [5.74, 6) is 0.342. The number of anilines is 2. The van der Waals surface area contributed by atoms with Gasteiger partial charge < -0.3 is 18.9 Å². The molecule has 10 nitrogen and oxygen atoms in total. The maximum Gasteiger partial charge on any atom is 0.513 e. The van der Waals surface area contributed by atoms with E-state index in [9.17, 15) is 19.6 Å². The largest absolute Gasteiger partial charge is 0.513 e. The molecule has 1 atom stereocenters. The lowest BCUT2D eigenvalue weighted by atomic mass is 9.96. The Morgan fingerprint density at radius 3 is 2.62 bits per heavy atom. The molecule has 4 rings (SSSR count). The minimum absolute atomic E-state index is 0.132.